The maximum Gasteiger partial charge on any atom is 0.0949 e. The number of nitrogens with one attached hydrogen (secondary N) is 1. The van der Waals surface area contributed by atoms with Gasteiger partial charge in [-0.15, -0.1) is 0 Å². The number of hydrogen-bond donors (Lipinski definition) is 1. The van der Waals surface area contributed by atoms with Crippen molar-refractivity contribution in [2.75, 3.05) is 7.05 Å². The monoisotopic (exact) mass is 332 g/mol. The van der Waals surface area contributed by atoms with E-state index in [1.165, 1.54) is 0 Å². The third-order valence-electron chi connectivity index (χ3n) is 2.94. The van der Waals surface area contributed by atoms with E-state index in [9.17, 15) is 0 Å². The van der Waals surface area contributed by atoms with Crippen molar-refractivity contribution in [2.24, 2.45) is 0 Å². The summed E-state index contributed by atoms with van der Waals surface area (Å²) in [5.74, 6) is 0. The molecule has 7 heteroatoms. The van der Waals surface area contributed by atoms with Gasteiger partial charge in [-0.3, -0.25) is 9.67 Å². The van der Waals surface area contributed by atoms with E-state index in [0.717, 1.165) is 18.7 Å². The first-order valence-corrected chi connectivity index (χ1v) is 7.41. The molecule has 108 valence electrons. The summed E-state index contributed by atoms with van der Waals surface area (Å²) in [6, 6.07) is 1.44. The topological polar surface area (TPSA) is 42.7 Å². The minimum Gasteiger partial charge on any atom is -0.307 e. The first-order valence-electron chi connectivity index (χ1n) is 6.27. The predicted molar refractivity (Wildman–Crippen MR) is 82.7 cm³/mol. The maximum absolute atomic E-state index is 6.27. The fourth-order valence-electron chi connectivity index (χ4n) is 2.09. The Morgan fingerprint density at radius 1 is 1.25 bits per heavy atom. The molecule has 1 unspecified atom stereocenters. The van der Waals surface area contributed by atoms with Crippen LogP contribution in [0.15, 0.2) is 18.5 Å². The molecule has 2 aromatic heterocycles. The van der Waals surface area contributed by atoms with E-state index in [4.69, 9.17) is 34.8 Å². The molecular formula is C13H15Cl3N4. The molecule has 2 heterocycles. The number of halogens is 3. The molecule has 0 bridgehead atoms. The highest BCUT2D eigenvalue weighted by Crippen LogP contribution is 2.32. The van der Waals surface area contributed by atoms with Crippen LogP contribution >= 0.6 is 34.8 Å². The summed E-state index contributed by atoms with van der Waals surface area (Å²) < 4.78 is 1.87. The zero-order valence-electron chi connectivity index (χ0n) is 11.2. The largest absolute Gasteiger partial charge is 0.307 e. The standard InChI is InChI=1S/C13H15Cl3N4/c1-3-4-20-13(10(16)7-19-20)12(17-2)11-9(15)5-8(14)6-18-11/h5-7,12,17H,3-4H2,1-2H3. The Hall–Kier alpha value is -0.810. The molecule has 0 fully saturated rings. The maximum atomic E-state index is 6.27. The summed E-state index contributed by atoms with van der Waals surface area (Å²) in [5.41, 5.74) is 1.53. The van der Waals surface area contributed by atoms with Crippen LogP contribution in [0.3, 0.4) is 0 Å². The van der Waals surface area contributed by atoms with Crippen molar-refractivity contribution in [3.05, 3.63) is 44.9 Å². The minimum atomic E-state index is -0.235. The highest BCUT2D eigenvalue weighted by molar-refractivity contribution is 6.35. The Labute approximate surface area is 133 Å². The number of pyridine rings is 1. The SMILES string of the molecule is CCCn1ncc(Cl)c1C(NC)c1ncc(Cl)cc1Cl. The van der Waals surface area contributed by atoms with Crippen LogP contribution in [-0.2, 0) is 6.54 Å². The van der Waals surface area contributed by atoms with Gasteiger partial charge in [-0.25, -0.2) is 0 Å². The molecule has 0 aliphatic heterocycles. The molecule has 0 spiro atoms. The Bertz CT molecular complexity index is 597. The lowest BCUT2D eigenvalue weighted by atomic mass is 10.1. The van der Waals surface area contributed by atoms with E-state index in [1.807, 2.05) is 11.7 Å². The molecule has 2 rings (SSSR count). The quantitative estimate of drug-likeness (QED) is 0.900. The summed E-state index contributed by atoms with van der Waals surface area (Å²) in [7, 11) is 1.83. The van der Waals surface area contributed by atoms with Crippen molar-refractivity contribution >= 4 is 34.8 Å². The number of hydrogen-bond acceptors (Lipinski definition) is 3. The van der Waals surface area contributed by atoms with Crippen LogP contribution in [0.5, 0.6) is 0 Å². The van der Waals surface area contributed by atoms with Crippen LogP contribution in [0.1, 0.15) is 30.8 Å². The average Bonchev–Trinajstić information content (AvgIpc) is 2.75. The first kappa shape index (κ1) is 15.6. The van der Waals surface area contributed by atoms with Crippen LogP contribution in [0.25, 0.3) is 0 Å². The number of nitrogens with zero attached hydrogens (tertiary/aromatic N) is 3. The molecule has 0 aromatic carbocycles. The zero-order chi connectivity index (χ0) is 14.7. The lowest BCUT2D eigenvalue weighted by Crippen LogP contribution is -2.23. The van der Waals surface area contributed by atoms with Gasteiger partial charge in [-0.2, -0.15) is 5.10 Å². The summed E-state index contributed by atoms with van der Waals surface area (Å²) in [6.45, 7) is 2.87. The van der Waals surface area contributed by atoms with Crippen molar-refractivity contribution < 1.29 is 0 Å². The number of aryl methyl sites for hydroxylation is 1. The molecule has 0 radical (unpaired) electrons. The van der Waals surface area contributed by atoms with Gasteiger partial charge in [0.15, 0.2) is 0 Å². The average molecular weight is 334 g/mol. The Morgan fingerprint density at radius 3 is 2.60 bits per heavy atom. The molecular weight excluding hydrogens is 319 g/mol. The van der Waals surface area contributed by atoms with E-state index >= 15 is 0 Å². The Balaban J connectivity index is 2.49. The van der Waals surface area contributed by atoms with E-state index < -0.39 is 0 Å². The van der Waals surface area contributed by atoms with Crippen molar-refractivity contribution in [3.63, 3.8) is 0 Å². The van der Waals surface area contributed by atoms with Crippen LogP contribution in [0, 0.1) is 0 Å². The molecule has 0 saturated carbocycles. The smallest absolute Gasteiger partial charge is 0.0949 e. The first-order chi connectivity index (χ1) is 9.58. The second kappa shape index (κ2) is 6.76. The van der Waals surface area contributed by atoms with E-state index in [0.29, 0.717) is 20.8 Å². The fourth-order valence-corrected chi connectivity index (χ4v) is 2.83. The highest BCUT2D eigenvalue weighted by atomic mass is 35.5. The molecule has 1 atom stereocenters. The van der Waals surface area contributed by atoms with E-state index in [-0.39, 0.29) is 6.04 Å². The molecule has 20 heavy (non-hydrogen) atoms. The molecule has 0 aliphatic rings. The van der Waals surface area contributed by atoms with E-state index in [1.54, 1.807) is 18.5 Å². The van der Waals surface area contributed by atoms with Crippen LogP contribution < -0.4 is 5.32 Å². The number of rotatable bonds is 5. The molecule has 0 saturated heterocycles. The van der Waals surface area contributed by atoms with Gasteiger partial charge < -0.3 is 5.32 Å². The van der Waals surface area contributed by atoms with Gasteiger partial charge in [0.1, 0.15) is 0 Å². The summed E-state index contributed by atoms with van der Waals surface area (Å²) in [4.78, 5) is 4.32. The summed E-state index contributed by atoms with van der Waals surface area (Å²) in [6.07, 6.45) is 4.17. The lowest BCUT2D eigenvalue weighted by molar-refractivity contribution is 0.530. The molecule has 4 nitrogen and oxygen atoms in total. The molecule has 0 amide bonds. The third kappa shape index (κ3) is 3.09. The van der Waals surface area contributed by atoms with Gasteiger partial charge in [0, 0.05) is 12.7 Å². The van der Waals surface area contributed by atoms with Gasteiger partial charge in [-0.1, -0.05) is 41.7 Å². The molecule has 0 aliphatic carbocycles. The molecule has 1 N–H and O–H groups in total. The Kier molecular flexibility index (Phi) is 5.27. The van der Waals surface area contributed by atoms with Crippen LogP contribution in [0.4, 0.5) is 0 Å². The predicted octanol–water partition coefficient (Wildman–Crippen LogP) is 3.96. The third-order valence-corrected chi connectivity index (χ3v) is 3.74. The summed E-state index contributed by atoms with van der Waals surface area (Å²) >= 11 is 18.4. The van der Waals surface area contributed by atoms with Gasteiger partial charge in [0.05, 0.1) is 38.7 Å². The van der Waals surface area contributed by atoms with Gasteiger partial charge in [0.25, 0.3) is 0 Å². The molecule has 2 aromatic rings. The fraction of sp³-hybridized carbons (Fsp3) is 0.385. The van der Waals surface area contributed by atoms with E-state index in [2.05, 4.69) is 22.3 Å². The van der Waals surface area contributed by atoms with Crippen molar-refractivity contribution in [1.29, 1.82) is 0 Å². The van der Waals surface area contributed by atoms with Gasteiger partial charge in [-0.05, 0) is 19.5 Å². The normalized spacial score (nSPS) is 12.7. The van der Waals surface area contributed by atoms with Crippen molar-refractivity contribution in [1.82, 2.24) is 20.1 Å². The van der Waals surface area contributed by atoms with Crippen LogP contribution in [0.2, 0.25) is 15.1 Å². The van der Waals surface area contributed by atoms with Crippen LogP contribution in [-0.4, -0.2) is 21.8 Å². The lowest BCUT2D eigenvalue weighted by Gasteiger charge is -2.19. The minimum absolute atomic E-state index is 0.235. The highest BCUT2D eigenvalue weighted by Gasteiger charge is 2.24. The van der Waals surface area contributed by atoms with Crippen molar-refractivity contribution in [2.45, 2.75) is 25.9 Å². The Morgan fingerprint density at radius 2 is 2.00 bits per heavy atom. The second-order valence-electron chi connectivity index (χ2n) is 4.34. The van der Waals surface area contributed by atoms with Gasteiger partial charge >= 0.3 is 0 Å². The second-order valence-corrected chi connectivity index (χ2v) is 5.59. The zero-order valence-corrected chi connectivity index (χ0v) is 13.5. The number of aromatic nitrogens is 3. The van der Waals surface area contributed by atoms with Crippen molar-refractivity contribution in [3.8, 4) is 0 Å². The summed E-state index contributed by atoms with van der Waals surface area (Å²) in [5, 5.41) is 9.07. The van der Waals surface area contributed by atoms with Gasteiger partial charge in [0.2, 0.25) is 0 Å².